The summed E-state index contributed by atoms with van der Waals surface area (Å²) < 4.78 is 46.5. The van der Waals surface area contributed by atoms with E-state index in [4.69, 9.17) is 0 Å². The third-order valence-corrected chi connectivity index (χ3v) is 0.922. The van der Waals surface area contributed by atoms with E-state index in [0.29, 0.717) is 0 Å². The summed E-state index contributed by atoms with van der Waals surface area (Å²) in [5.74, 6) is -3.91. The Labute approximate surface area is 50.9 Å². The Hall–Kier alpha value is -0.280. The van der Waals surface area contributed by atoms with E-state index in [1.165, 1.54) is 6.92 Å². The normalized spacial score (nSPS) is 15.7. The van der Waals surface area contributed by atoms with Gasteiger partial charge in [-0.3, -0.25) is 0 Å². The van der Waals surface area contributed by atoms with Crippen molar-refractivity contribution in [2.24, 2.45) is 0 Å². The largest absolute Gasteiger partial charge is 0.312 e. The molecule has 0 aliphatic rings. The Balaban J connectivity index is 3.80. The van der Waals surface area contributed by atoms with Gasteiger partial charge in [0.25, 0.3) is 0 Å². The average Bonchev–Trinajstić information content (AvgIpc) is 1.86. The van der Waals surface area contributed by atoms with Gasteiger partial charge in [-0.1, -0.05) is 6.92 Å². The average molecular weight is 143 g/mol. The molecule has 0 rings (SSSR count). The minimum atomic E-state index is -3.91. The van der Waals surface area contributed by atoms with E-state index in [1.54, 1.807) is 0 Å². The van der Waals surface area contributed by atoms with Gasteiger partial charge in [0.05, 0.1) is 0 Å². The molecule has 0 bridgehead atoms. The van der Waals surface area contributed by atoms with Crippen LogP contribution in [0.2, 0.25) is 0 Å². The lowest BCUT2D eigenvalue weighted by Gasteiger charge is -2.13. The van der Waals surface area contributed by atoms with Crippen LogP contribution in [0.25, 0.3) is 0 Å². The molecule has 0 aromatic rings. The van der Waals surface area contributed by atoms with Crippen molar-refractivity contribution in [3.63, 3.8) is 0 Å². The molecule has 4 heteroatoms. The fourth-order valence-electron chi connectivity index (χ4n) is 0.341. The maximum atomic E-state index is 11.9. The maximum Gasteiger partial charge on any atom is 0.312 e. The second-order valence-corrected chi connectivity index (χ2v) is 1.66. The Morgan fingerprint density at radius 1 is 1.56 bits per heavy atom. The van der Waals surface area contributed by atoms with Crippen LogP contribution >= 0.6 is 0 Å². The second-order valence-electron chi connectivity index (χ2n) is 1.66. The monoisotopic (exact) mass is 143 g/mol. The highest BCUT2D eigenvalue weighted by Crippen LogP contribution is 2.26. The minimum absolute atomic E-state index is 0.382. The lowest BCUT2D eigenvalue weighted by atomic mass is 10.2. The molecule has 0 saturated carbocycles. The van der Waals surface area contributed by atoms with E-state index in [1.807, 2.05) is 0 Å². The number of alkyl halides is 3. The summed E-state index contributed by atoms with van der Waals surface area (Å²) in [7, 11) is 0. The zero-order valence-corrected chi connectivity index (χ0v) is 4.87. The van der Waals surface area contributed by atoms with Crippen molar-refractivity contribution in [1.29, 1.82) is 0 Å². The van der Waals surface area contributed by atoms with Crippen molar-refractivity contribution in [2.75, 3.05) is 0 Å². The van der Waals surface area contributed by atoms with Gasteiger partial charge in [-0.2, -0.15) is 0 Å². The lowest BCUT2D eigenvalue weighted by Crippen LogP contribution is -2.28. The third-order valence-electron chi connectivity index (χ3n) is 0.922. The van der Waals surface area contributed by atoms with E-state index >= 15 is 0 Å². The Morgan fingerprint density at radius 2 is 2.00 bits per heavy atom. The zero-order valence-electron chi connectivity index (χ0n) is 4.87. The first-order valence-corrected chi connectivity index (χ1v) is 2.51. The molecule has 0 amide bonds. The summed E-state index contributed by atoms with van der Waals surface area (Å²) >= 11 is 0. The molecule has 1 unspecified atom stereocenters. The summed E-state index contributed by atoms with van der Waals surface area (Å²) in [4.78, 5) is 0. The van der Waals surface area contributed by atoms with Crippen molar-refractivity contribution in [1.82, 2.24) is 0 Å². The molecule has 0 heterocycles. The SMILES string of the molecule is CCC(F)C(F)(F)[CH]F. The first-order chi connectivity index (χ1) is 4.04. The van der Waals surface area contributed by atoms with E-state index in [-0.39, 0.29) is 6.42 Å². The molecular weight excluding hydrogens is 136 g/mol. The van der Waals surface area contributed by atoms with Gasteiger partial charge in [0, 0.05) is 0 Å². The zero-order chi connectivity index (χ0) is 7.49. The minimum Gasteiger partial charge on any atom is -0.241 e. The molecule has 1 atom stereocenters. The van der Waals surface area contributed by atoms with E-state index in [9.17, 15) is 17.6 Å². The molecule has 0 aromatic carbocycles. The molecule has 0 fully saturated rings. The molecule has 0 aromatic heterocycles. The van der Waals surface area contributed by atoms with Crippen molar-refractivity contribution in [2.45, 2.75) is 25.4 Å². The highest BCUT2D eigenvalue weighted by atomic mass is 19.3. The van der Waals surface area contributed by atoms with Gasteiger partial charge in [-0.05, 0) is 6.42 Å². The van der Waals surface area contributed by atoms with Gasteiger partial charge < -0.3 is 0 Å². The van der Waals surface area contributed by atoms with E-state index in [2.05, 4.69) is 0 Å². The first kappa shape index (κ1) is 8.72. The Morgan fingerprint density at radius 3 is 2.11 bits per heavy atom. The predicted molar refractivity (Wildman–Crippen MR) is 25.5 cm³/mol. The van der Waals surface area contributed by atoms with Gasteiger partial charge in [0.15, 0.2) is 6.17 Å². The molecule has 1 radical (unpaired) electrons. The van der Waals surface area contributed by atoms with Gasteiger partial charge in [0.1, 0.15) is 0 Å². The predicted octanol–water partition coefficient (Wildman–Crippen LogP) is 2.50. The van der Waals surface area contributed by atoms with Gasteiger partial charge in [-0.15, -0.1) is 0 Å². The van der Waals surface area contributed by atoms with Crippen LogP contribution < -0.4 is 0 Å². The Kier molecular flexibility index (Phi) is 2.94. The van der Waals surface area contributed by atoms with Crippen molar-refractivity contribution in [3.8, 4) is 0 Å². The molecule has 55 valence electrons. The summed E-state index contributed by atoms with van der Waals surface area (Å²) in [6.07, 6.45) is -2.78. The van der Waals surface area contributed by atoms with Crippen LogP contribution in [0.3, 0.4) is 0 Å². The van der Waals surface area contributed by atoms with Gasteiger partial charge >= 0.3 is 5.92 Å². The van der Waals surface area contributed by atoms with Crippen LogP contribution in [0.15, 0.2) is 0 Å². The smallest absolute Gasteiger partial charge is 0.241 e. The summed E-state index contributed by atoms with van der Waals surface area (Å²) in [5, 5.41) is 0. The Bertz CT molecular complexity index is 81.0. The molecule has 9 heavy (non-hydrogen) atoms. The molecule has 0 nitrogen and oxygen atoms in total. The fourth-order valence-corrected chi connectivity index (χ4v) is 0.341. The van der Waals surface area contributed by atoms with Crippen LogP contribution in [0.4, 0.5) is 17.6 Å². The van der Waals surface area contributed by atoms with Crippen molar-refractivity contribution in [3.05, 3.63) is 6.67 Å². The number of rotatable bonds is 3. The van der Waals surface area contributed by atoms with Crippen molar-refractivity contribution < 1.29 is 17.6 Å². The molecule has 0 saturated heterocycles. The van der Waals surface area contributed by atoms with Crippen LogP contribution in [-0.4, -0.2) is 12.1 Å². The standard InChI is InChI=1S/C5H7F4/c1-2-4(7)5(8,9)3-6/h3-4H,2H2,1H3. The first-order valence-electron chi connectivity index (χ1n) is 2.51. The van der Waals surface area contributed by atoms with Gasteiger partial charge in [0.2, 0.25) is 6.67 Å². The molecule has 0 N–H and O–H groups in total. The third kappa shape index (κ3) is 2.20. The molecule has 0 aliphatic carbocycles. The van der Waals surface area contributed by atoms with Crippen LogP contribution in [0, 0.1) is 6.67 Å². The molecule has 0 aliphatic heterocycles. The van der Waals surface area contributed by atoms with Crippen LogP contribution in [0.5, 0.6) is 0 Å². The summed E-state index contributed by atoms with van der Waals surface area (Å²) in [6.45, 7) is 0.309. The summed E-state index contributed by atoms with van der Waals surface area (Å²) in [5.41, 5.74) is 0. The highest BCUT2D eigenvalue weighted by molar-refractivity contribution is 4.82. The molecule has 0 spiro atoms. The fraction of sp³-hybridized carbons (Fsp3) is 0.800. The highest BCUT2D eigenvalue weighted by Gasteiger charge is 2.39. The van der Waals surface area contributed by atoms with Crippen molar-refractivity contribution >= 4 is 0 Å². The number of hydrogen-bond donors (Lipinski definition) is 0. The summed E-state index contributed by atoms with van der Waals surface area (Å²) in [6, 6.07) is 0. The van der Waals surface area contributed by atoms with E-state index in [0.717, 1.165) is 0 Å². The quantitative estimate of drug-likeness (QED) is 0.532. The lowest BCUT2D eigenvalue weighted by molar-refractivity contribution is -0.0611. The van der Waals surface area contributed by atoms with Gasteiger partial charge in [-0.25, -0.2) is 17.6 Å². The topological polar surface area (TPSA) is 0 Å². The van der Waals surface area contributed by atoms with Crippen LogP contribution in [0.1, 0.15) is 13.3 Å². The van der Waals surface area contributed by atoms with Crippen LogP contribution in [-0.2, 0) is 0 Å². The number of halogens is 4. The van der Waals surface area contributed by atoms with E-state index < -0.39 is 18.8 Å². The maximum absolute atomic E-state index is 11.9. The molecular formula is C5H7F4. The number of hydrogen-bond acceptors (Lipinski definition) is 0. The second kappa shape index (κ2) is 3.03.